The molecule has 0 aromatic heterocycles. The van der Waals surface area contributed by atoms with E-state index in [1.54, 1.807) is 18.2 Å². The van der Waals surface area contributed by atoms with Gasteiger partial charge in [-0.2, -0.15) is 13.2 Å². The van der Waals surface area contributed by atoms with Crippen LogP contribution in [0, 0.1) is 5.92 Å². The Morgan fingerprint density at radius 3 is 2.37 bits per heavy atom. The molecule has 2 rings (SSSR count). The van der Waals surface area contributed by atoms with Crippen molar-refractivity contribution in [2.45, 2.75) is 18.5 Å². The summed E-state index contributed by atoms with van der Waals surface area (Å²) in [6, 6.07) is 4.91. The van der Waals surface area contributed by atoms with Gasteiger partial charge in [-0.25, -0.2) is 0 Å². The lowest BCUT2D eigenvalue weighted by molar-refractivity contribution is -0.139. The first-order chi connectivity index (χ1) is 8.76. The zero-order valence-corrected chi connectivity index (χ0v) is 11.1. The SMILES string of the molecule is O=C(NCC(F)(F)F)[C@H]1C[C@H]1c1cc(Cl)cc(Cl)c1. The fourth-order valence-electron chi connectivity index (χ4n) is 1.96. The molecular formula is C12H10Cl2F3NO. The number of amides is 1. The summed E-state index contributed by atoms with van der Waals surface area (Å²) in [7, 11) is 0. The molecule has 19 heavy (non-hydrogen) atoms. The topological polar surface area (TPSA) is 29.1 Å². The van der Waals surface area contributed by atoms with E-state index >= 15 is 0 Å². The Labute approximate surface area is 117 Å². The van der Waals surface area contributed by atoms with Gasteiger partial charge in [-0.1, -0.05) is 23.2 Å². The number of nitrogens with one attached hydrogen (secondary N) is 1. The molecule has 1 amide bonds. The molecule has 104 valence electrons. The average molecular weight is 312 g/mol. The van der Waals surface area contributed by atoms with Crippen molar-refractivity contribution in [3.05, 3.63) is 33.8 Å². The summed E-state index contributed by atoms with van der Waals surface area (Å²) in [6.07, 6.45) is -3.88. The predicted octanol–water partition coefficient (Wildman–Crippen LogP) is 3.78. The lowest BCUT2D eigenvalue weighted by Crippen LogP contribution is -2.34. The minimum Gasteiger partial charge on any atom is -0.347 e. The van der Waals surface area contributed by atoms with E-state index in [1.165, 1.54) is 0 Å². The van der Waals surface area contributed by atoms with Gasteiger partial charge >= 0.3 is 6.18 Å². The summed E-state index contributed by atoms with van der Waals surface area (Å²) < 4.78 is 35.9. The largest absolute Gasteiger partial charge is 0.405 e. The fourth-order valence-corrected chi connectivity index (χ4v) is 2.50. The van der Waals surface area contributed by atoms with Gasteiger partial charge in [0.05, 0.1) is 0 Å². The number of rotatable bonds is 3. The molecule has 1 aliphatic rings. The van der Waals surface area contributed by atoms with Gasteiger partial charge in [0, 0.05) is 16.0 Å². The summed E-state index contributed by atoms with van der Waals surface area (Å²) in [5, 5.41) is 2.78. The molecule has 1 aliphatic carbocycles. The number of halogens is 5. The van der Waals surface area contributed by atoms with Crippen molar-refractivity contribution in [3.8, 4) is 0 Å². The Kier molecular flexibility index (Phi) is 3.97. The Hall–Kier alpha value is -0.940. The third-order valence-corrected chi connectivity index (χ3v) is 3.34. The second kappa shape index (κ2) is 5.21. The van der Waals surface area contributed by atoms with Crippen LogP contribution >= 0.6 is 23.2 Å². The van der Waals surface area contributed by atoms with Crippen molar-refractivity contribution in [2.75, 3.05) is 6.54 Å². The number of hydrogen-bond donors (Lipinski definition) is 1. The molecule has 7 heteroatoms. The second-order valence-electron chi connectivity index (χ2n) is 4.48. The highest BCUT2D eigenvalue weighted by Crippen LogP contribution is 2.48. The maximum absolute atomic E-state index is 12.0. The maximum Gasteiger partial charge on any atom is 0.405 e. The van der Waals surface area contributed by atoms with Gasteiger partial charge in [-0.05, 0) is 36.1 Å². The lowest BCUT2D eigenvalue weighted by atomic mass is 10.1. The molecular weight excluding hydrogens is 302 g/mol. The molecule has 1 fully saturated rings. The van der Waals surface area contributed by atoms with Crippen LogP contribution in [-0.4, -0.2) is 18.6 Å². The Bertz CT molecular complexity index is 484. The van der Waals surface area contributed by atoms with Crippen LogP contribution in [0.2, 0.25) is 10.0 Å². The first kappa shape index (κ1) is 14.5. The van der Waals surface area contributed by atoms with Crippen LogP contribution in [0.1, 0.15) is 17.9 Å². The summed E-state index contributed by atoms with van der Waals surface area (Å²) in [5.74, 6) is -1.13. The molecule has 2 atom stereocenters. The van der Waals surface area contributed by atoms with Crippen molar-refractivity contribution >= 4 is 29.1 Å². The van der Waals surface area contributed by atoms with Crippen molar-refractivity contribution in [1.82, 2.24) is 5.32 Å². The van der Waals surface area contributed by atoms with E-state index in [9.17, 15) is 18.0 Å². The van der Waals surface area contributed by atoms with Gasteiger partial charge in [0.15, 0.2) is 0 Å². The molecule has 0 saturated heterocycles. The Balaban J connectivity index is 1.95. The van der Waals surface area contributed by atoms with Crippen LogP contribution in [0.15, 0.2) is 18.2 Å². The smallest absolute Gasteiger partial charge is 0.347 e. The van der Waals surface area contributed by atoms with Gasteiger partial charge in [0.25, 0.3) is 0 Å². The molecule has 0 heterocycles. The van der Waals surface area contributed by atoms with Crippen molar-refractivity contribution in [3.63, 3.8) is 0 Å². The summed E-state index contributed by atoms with van der Waals surface area (Å²) in [5.41, 5.74) is 0.782. The van der Waals surface area contributed by atoms with Crippen molar-refractivity contribution in [2.24, 2.45) is 5.92 Å². The maximum atomic E-state index is 12.0. The van der Waals surface area contributed by atoms with Crippen LogP contribution in [-0.2, 0) is 4.79 Å². The molecule has 1 N–H and O–H groups in total. The van der Waals surface area contributed by atoms with Crippen LogP contribution in [0.25, 0.3) is 0 Å². The monoisotopic (exact) mass is 311 g/mol. The highest BCUT2D eigenvalue weighted by Gasteiger charge is 2.44. The van der Waals surface area contributed by atoms with E-state index in [-0.39, 0.29) is 5.92 Å². The minimum absolute atomic E-state index is 0.107. The number of alkyl halides is 3. The molecule has 1 saturated carbocycles. The molecule has 0 spiro atoms. The lowest BCUT2D eigenvalue weighted by Gasteiger charge is -2.08. The van der Waals surface area contributed by atoms with Gasteiger partial charge in [-0.15, -0.1) is 0 Å². The van der Waals surface area contributed by atoms with E-state index in [2.05, 4.69) is 0 Å². The highest BCUT2D eigenvalue weighted by atomic mass is 35.5. The number of carbonyl (C=O) groups excluding carboxylic acids is 1. The van der Waals surface area contributed by atoms with Gasteiger partial charge in [-0.3, -0.25) is 4.79 Å². The Morgan fingerprint density at radius 1 is 1.26 bits per heavy atom. The number of benzene rings is 1. The fraction of sp³-hybridized carbons (Fsp3) is 0.417. The minimum atomic E-state index is -4.39. The highest BCUT2D eigenvalue weighted by molar-refractivity contribution is 6.34. The zero-order valence-electron chi connectivity index (χ0n) is 9.60. The van der Waals surface area contributed by atoms with E-state index in [0.717, 1.165) is 5.56 Å². The normalized spacial score (nSPS) is 22.2. The summed E-state index contributed by atoms with van der Waals surface area (Å²) in [6.45, 7) is -1.30. The van der Waals surface area contributed by atoms with E-state index < -0.39 is 24.5 Å². The molecule has 1 aromatic rings. The quantitative estimate of drug-likeness (QED) is 0.904. The summed E-state index contributed by atoms with van der Waals surface area (Å²) in [4.78, 5) is 11.5. The van der Waals surface area contributed by atoms with Crippen LogP contribution in [0.5, 0.6) is 0 Å². The molecule has 1 aromatic carbocycles. The first-order valence-corrected chi connectivity index (χ1v) is 6.32. The van der Waals surface area contributed by atoms with Crippen LogP contribution in [0.4, 0.5) is 13.2 Å². The van der Waals surface area contributed by atoms with E-state index in [0.29, 0.717) is 16.5 Å². The van der Waals surface area contributed by atoms with E-state index in [1.807, 2.05) is 5.32 Å². The predicted molar refractivity (Wildman–Crippen MR) is 66.4 cm³/mol. The Morgan fingerprint density at radius 2 is 1.84 bits per heavy atom. The molecule has 0 aliphatic heterocycles. The van der Waals surface area contributed by atoms with Gasteiger partial charge < -0.3 is 5.32 Å². The van der Waals surface area contributed by atoms with Gasteiger partial charge in [0.2, 0.25) is 5.91 Å². The number of carbonyl (C=O) groups is 1. The third kappa shape index (κ3) is 4.01. The molecule has 0 bridgehead atoms. The van der Waals surface area contributed by atoms with Crippen LogP contribution < -0.4 is 5.32 Å². The zero-order chi connectivity index (χ0) is 14.2. The average Bonchev–Trinajstić information content (AvgIpc) is 3.03. The van der Waals surface area contributed by atoms with Gasteiger partial charge in [0.1, 0.15) is 6.54 Å². The number of hydrogen-bond acceptors (Lipinski definition) is 1. The van der Waals surface area contributed by atoms with Crippen molar-refractivity contribution < 1.29 is 18.0 Å². The van der Waals surface area contributed by atoms with E-state index in [4.69, 9.17) is 23.2 Å². The first-order valence-electron chi connectivity index (χ1n) is 5.57. The molecule has 0 unspecified atom stereocenters. The van der Waals surface area contributed by atoms with Crippen LogP contribution in [0.3, 0.4) is 0 Å². The standard InChI is InChI=1S/C12H10Cl2F3NO/c13-7-1-6(2-8(14)3-7)9-4-10(9)11(19)18-5-12(15,16)17/h1-3,9-10H,4-5H2,(H,18,19)/t9-,10-/m0/s1. The molecule has 2 nitrogen and oxygen atoms in total. The summed E-state index contributed by atoms with van der Waals surface area (Å²) >= 11 is 11.7. The third-order valence-electron chi connectivity index (χ3n) is 2.90. The second-order valence-corrected chi connectivity index (χ2v) is 5.36. The van der Waals surface area contributed by atoms with Crippen molar-refractivity contribution in [1.29, 1.82) is 0 Å². The molecule has 0 radical (unpaired) electrons.